The lowest BCUT2D eigenvalue weighted by atomic mass is 9.33. The average Bonchev–Trinajstić information content (AvgIpc) is 2.92. The second-order valence-corrected chi connectivity index (χ2v) is 16.7. The zero-order valence-electron chi connectivity index (χ0n) is 27.8. The van der Waals surface area contributed by atoms with E-state index in [1.165, 1.54) is 5.57 Å². The summed E-state index contributed by atoms with van der Waals surface area (Å²) in [4.78, 5) is 27.9. The van der Waals surface area contributed by atoms with E-state index in [9.17, 15) is 9.59 Å². The smallest absolute Gasteiger partial charge is 0.314 e. The minimum Gasteiger partial charge on any atom is -0.438 e. The summed E-state index contributed by atoms with van der Waals surface area (Å²) in [7, 11) is 0. The highest BCUT2D eigenvalue weighted by molar-refractivity contribution is 5.86. The summed E-state index contributed by atoms with van der Waals surface area (Å²) in [6, 6.07) is 0. The first-order valence-corrected chi connectivity index (χ1v) is 16.9. The Balaban J connectivity index is 1.39. The van der Waals surface area contributed by atoms with E-state index in [2.05, 4.69) is 47.6 Å². The second kappa shape index (κ2) is 9.88. The number of hydrogen-bond donors (Lipinski definition) is 0. The molecular weight excluding hydrogens is 528 g/mol. The van der Waals surface area contributed by atoms with E-state index in [1.807, 2.05) is 20.8 Å². The highest BCUT2D eigenvalue weighted by Crippen LogP contribution is 2.76. The number of fused-ring (bicyclic) bond motifs is 9. The van der Waals surface area contributed by atoms with Gasteiger partial charge in [-0.3, -0.25) is 9.59 Å². The average molecular weight is 585 g/mol. The molecule has 0 unspecified atom stereocenters. The Bertz CT molecular complexity index is 1160. The van der Waals surface area contributed by atoms with E-state index in [0.717, 1.165) is 44.9 Å². The van der Waals surface area contributed by atoms with Gasteiger partial charge in [-0.05, 0) is 112 Å². The minimum atomic E-state index is -0.723. The molecule has 6 nitrogen and oxygen atoms in total. The molecule has 236 valence electrons. The van der Waals surface area contributed by atoms with Crippen LogP contribution in [0.2, 0.25) is 0 Å². The summed E-state index contributed by atoms with van der Waals surface area (Å²) >= 11 is 0. The number of hydrogen-bond acceptors (Lipinski definition) is 6. The van der Waals surface area contributed by atoms with E-state index < -0.39 is 17.3 Å². The van der Waals surface area contributed by atoms with Gasteiger partial charge in [-0.1, -0.05) is 53.2 Å². The quantitative estimate of drug-likeness (QED) is 0.148. The van der Waals surface area contributed by atoms with E-state index in [0.29, 0.717) is 43.3 Å². The van der Waals surface area contributed by atoms with Crippen molar-refractivity contribution in [3.8, 4) is 0 Å². The number of esters is 1. The van der Waals surface area contributed by atoms with Crippen LogP contribution in [0.3, 0.4) is 0 Å². The van der Waals surface area contributed by atoms with Gasteiger partial charge in [0.15, 0.2) is 18.4 Å². The van der Waals surface area contributed by atoms with Gasteiger partial charge in [-0.25, -0.2) is 0 Å². The first-order chi connectivity index (χ1) is 19.6. The molecule has 6 aliphatic rings. The molecular formula is C36H56O6. The van der Waals surface area contributed by atoms with E-state index >= 15 is 0 Å². The Labute approximate surface area is 254 Å². The molecule has 4 saturated carbocycles. The molecule has 5 aliphatic carbocycles. The van der Waals surface area contributed by atoms with Crippen molar-refractivity contribution in [2.75, 3.05) is 20.0 Å². The normalized spacial score (nSPS) is 51.2. The largest absolute Gasteiger partial charge is 0.438 e. The predicted octanol–water partition coefficient (Wildman–Crippen LogP) is 7.49. The number of carbonyl (C=O) groups excluding carboxylic acids is 2. The van der Waals surface area contributed by atoms with Gasteiger partial charge in [0.05, 0.1) is 12.0 Å². The third kappa shape index (κ3) is 3.99. The van der Waals surface area contributed by atoms with Gasteiger partial charge in [0.2, 0.25) is 0 Å². The number of ether oxygens (including phenoxy) is 4. The summed E-state index contributed by atoms with van der Waals surface area (Å²) in [6.45, 7) is 21.4. The fourth-order valence-corrected chi connectivity index (χ4v) is 11.9. The first-order valence-electron chi connectivity index (χ1n) is 16.9. The zero-order valence-corrected chi connectivity index (χ0v) is 27.8. The van der Waals surface area contributed by atoms with Crippen molar-refractivity contribution in [1.82, 2.24) is 0 Å². The van der Waals surface area contributed by atoms with E-state index in [-0.39, 0.29) is 46.1 Å². The van der Waals surface area contributed by atoms with Crippen LogP contribution in [0.4, 0.5) is 0 Å². The molecule has 0 amide bonds. The molecule has 0 aromatic heterocycles. The molecule has 0 radical (unpaired) electrons. The topological polar surface area (TPSA) is 71.1 Å². The number of carbonyl (C=O) groups is 2. The van der Waals surface area contributed by atoms with Gasteiger partial charge in [0.1, 0.15) is 6.10 Å². The van der Waals surface area contributed by atoms with Crippen LogP contribution in [-0.4, -0.2) is 43.7 Å². The maximum Gasteiger partial charge on any atom is 0.314 e. The van der Waals surface area contributed by atoms with Crippen molar-refractivity contribution in [3.05, 3.63) is 11.6 Å². The maximum absolute atomic E-state index is 14.0. The Morgan fingerprint density at radius 1 is 0.976 bits per heavy atom. The molecule has 0 bridgehead atoms. The molecule has 1 aliphatic heterocycles. The van der Waals surface area contributed by atoms with Gasteiger partial charge in [0.25, 0.3) is 0 Å². The van der Waals surface area contributed by atoms with Crippen LogP contribution in [-0.2, 0) is 28.5 Å². The van der Waals surface area contributed by atoms with Gasteiger partial charge in [0, 0.05) is 18.4 Å². The number of Topliss-reactive ketones (excluding diaryl/α,β-unsaturated/α-hetero) is 1. The fourth-order valence-electron chi connectivity index (χ4n) is 11.9. The van der Waals surface area contributed by atoms with Crippen LogP contribution >= 0.6 is 0 Å². The lowest BCUT2D eigenvalue weighted by Crippen LogP contribution is -2.70. The highest BCUT2D eigenvalue weighted by Gasteiger charge is 2.72. The Kier molecular flexibility index (Phi) is 7.24. The zero-order chi connectivity index (χ0) is 30.5. The molecule has 0 aromatic rings. The van der Waals surface area contributed by atoms with Crippen molar-refractivity contribution < 1.29 is 28.5 Å². The van der Waals surface area contributed by atoms with Gasteiger partial charge < -0.3 is 18.9 Å². The van der Waals surface area contributed by atoms with Crippen molar-refractivity contribution in [1.29, 1.82) is 0 Å². The third-order valence-electron chi connectivity index (χ3n) is 14.5. The van der Waals surface area contributed by atoms with Crippen molar-refractivity contribution in [2.24, 2.45) is 56.7 Å². The summed E-state index contributed by atoms with van der Waals surface area (Å²) < 4.78 is 23.9. The third-order valence-corrected chi connectivity index (χ3v) is 14.5. The number of allylic oxidation sites excluding steroid dienone is 2. The van der Waals surface area contributed by atoms with Crippen LogP contribution in [0.15, 0.2) is 11.6 Å². The molecule has 1 heterocycles. The lowest BCUT2D eigenvalue weighted by Gasteiger charge is -2.71. The molecule has 5 fully saturated rings. The van der Waals surface area contributed by atoms with Crippen LogP contribution in [0, 0.1) is 56.7 Å². The molecule has 6 heteroatoms. The molecule has 0 aromatic carbocycles. The molecule has 0 N–H and O–H groups in total. The standard InChI is InChI=1S/C36H56O6/c1-10-39-21-40-30(38)36-16-13-22(2)23(3)28(36)24-11-12-27-32(6)19-25(37)29-33(7,20-41-31(4,5)42-29)26(32)14-15-35(27,9)34(24,8)17-18-36/h11,22-23,26-29H,10,12-21H2,1-9H3/t22-,23+,26-,27-,28+,29+,32+,33+,34-,35-,36+/m1/s1. The SMILES string of the molecule is CCOCOC(=O)[C@]12CC[C@@H](C)[C@H](C)[C@H]1C1=CC[C@@H]3[C@@]4(C)CC(=O)[C@@H]5OC(C)(C)OC[C@@]5(C)[C@@H]4CC[C@@]3(C)[C@]1(C)CC2. The van der Waals surface area contributed by atoms with E-state index in [4.69, 9.17) is 18.9 Å². The number of ketones is 1. The minimum absolute atomic E-state index is 0.0219. The summed E-state index contributed by atoms with van der Waals surface area (Å²) in [5.41, 5.74) is 0.633. The Morgan fingerprint density at radius 2 is 1.71 bits per heavy atom. The Hall–Kier alpha value is -1.24. The first kappa shape index (κ1) is 30.8. The monoisotopic (exact) mass is 584 g/mol. The maximum atomic E-state index is 14.0. The number of rotatable bonds is 4. The fraction of sp³-hybridized carbons (Fsp3) is 0.889. The summed E-state index contributed by atoms with van der Waals surface area (Å²) in [5, 5.41) is 0. The van der Waals surface area contributed by atoms with Gasteiger partial charge >= 0.3 is 5.97 Å². The molecule has 11 atom stereocenters. The second-order valence-electron chi connectivity index (χ2n) is 16.7. The van der Waals surface area contributed by atoms with Crippen LogP contribution in [0.25, 0.3) is 0 Å². The molecule has 0 spiro atoms. The molecule has 6 rings (SSSR count). The van der Waals surface area contributed by atoms with Crippen LogP contribution in [0.5, 0.6) is 0 Å². The Morgan fingerprint density at radius 3 is 2.43 bits per heavy atom. The predicted molar refractivity (Wildman–Crippen MR) is 161 cm³/mol. The van der Waals surface area contributed by atoms with Gasteiger partial charge in [-0.15, -0.1) is 0 Å². The van der Waals surface area contributed by atoms with Crippen molar-refractivity contribution in [3.63, 3.8) is 0 Å². The van der Waals surface area contributed by atoms with Crippen molar-refractivity contribution in [2.45, 2.75) is 126 Å². The molecule has 42 heavy (non-hydrogen) atoms. The lowest BCUT2D eigenvalue weighted by molar-refractivity contribution is -0.336. The van der Waals surface area contributed by atoms with Crippen molar-refractivity contribution >= 4 is 11.8 Å². The molecule has 1 saturated heterocycles. The van der Waals surface area contributed by atoms with E-state index in [1.54, 1.807) is 0 Å². The van der Waals surface area contributed by atoms with Crippen LogP contribution in [0.1, 0.15) is 114 Å². The van der Waals surface area contributed by atoms with Crippen LogP contribution < -0.4 is 0 Å². The van der Waals surface area contributed by atoms with Gasteiger partial charge in [-0.2, -0.15) is 0 Å². The highest BCUT2D eigenvalue weighted by atomic mass is 16.7. The summed E-state index contributed by atoms with van der Waals surface area (Å²) in [5.74, 6) is 1.40. The summed E-state index contributed by atoms with van der Waals surface area (Å²) in [6.07, 6.45) is 9.74.